The maximum atomic E-state index is 3.59. The van der Waals surface area contributed by atoms with Crippen LogP contribution in [-0.4, -0.2) is 31.6 Å². The number of rotatable bonds is 6. The molecule has 16 heavy (non-hydrogen) atoms. The fraction of sp³-hybridized carbons (Fsp3) is 0.692. The van der Waals surface area contributed by atoms with Crippen molar-refractivity contribution in [1.82, 2.24) is 10.2 Å². The van der Waals surface area contributed by atoms with Crippen LogP contribution in [0, 0.1) is 13.8 Å². The van der Waals surface area contributed by atoms with Gasteiger partial charge in [-0.2, -0.15) is 0 Å². The van der Waals surface area contributed by atoms with Crippen molar-refractivity contribution in [2.75, 3.05) is 20.6 Å². The highest BCUT2D eigenvalue weighted by Crippen LogP contribution is 2.20. The molecule has 0 bridgehead atoms. The summed E-state index contributed by atoms with van der Waals surface area (Å²) in [5.41, 5.74) is 1.46. The van der Waals surface area contributed by atoms with E-state index in [1.807, 2.05) is 11.3 Å². The van der Waals surface area contributed by atoms with Crippen molar-refractivity contribution < 1.29 is 0 Å². The van der Waals surface area contributed by atoms with E-state index in [0.29, 0.717) is 6.04 Å². The summed E-state index contributed by atoms with van der Waals surface area (Å²) in [4.78, 5) is 5.10. The average Bonchev–Trinajstić information content (AvgIpc) is 2.51. The second-order valence-electron chi connectivity index (χ2n) is 4.81. The quantitative estimate of drug-likeness (QED) is 0.822. The Kier molecular flexibility index (Phi) is 5.46. The number of hydrogen-bond donors (Lipinski definition) is 1. The van der Waals surface area contributed by atoms with Crippen LogP contribution < -0.4 is 5.32 Å². The number of nitrogens with one attached hydrogen (secondary N) is 1. The Morgan fingerprint density at radius 1 is 1.38 bits per heavy atom. The van der Waals surface area contributed by atoms with E-state index in [9.17, 15) is 0 Å². The third-order valence-electron chi connectivity index (χ3n) is 2.79. The van der Waals surface area contributed by atoms with Crippen molar-refractivity contribution in [2.24, 2.45) is 0 Å². The van der Waals surface area contributed by atoms with Gasteiger partial charge >= 0.3 is 0 Å². The molecule has 0 fully saturated rings. The maximum Gasteiger partial charge on any atom is 0.0219 e. The van der Waals surface area contributed by atoms with Gasteiger partial charge < -0.3 is 10.2 Å². The Labute approximate surface area is 104 Å². The first-order valence-corrected chi connectivity index (χ1v) is 6.74. The second-order valence-corrected chi connectivity index (χ2v) is 6.27. The monoisotopic (exact) mass is 240 g/mol. The molecule has 0 amide bonds. The molecule has 92 valence electrons. The van der Waals surface area contributed by atoms with E-state index in [2.05, 4.69) is 51.1 Å². The van der Waals surface area contributed by atoms with Crippen LogP contribution in [0.4, 0.5) is 0 Å². The lowest BCUT2D eigenvalue weighted by Crippen LogP contribution is -2.29. The molecule has 1 aromatic rings. The lowest BCUT2D eigenvalue weighted by atomic mass is 10.2. The summed E-state index contributed by atoms with van der Waals surface area (Å²) in [5, 5.41) is 3.59. The van der Waals surface area contributed by atoms with E-state index in [4.69, 9.17) is 0 Å². The molecule has 0 aliphatic rings. The van der Waals surface area contributed by atoms with Crippen molar-refractivity contribution in [3.8, 4) is 0 Å². The van der Waals surface area contributed by atoms with Gasteiger partial charge in [0.25, 0.3) is 0 Å². The van der Waals surface area contributed by atoms with Crippen LogP contribution in [0.3, 0.4) is 0 Å². The lowest BCUT2D eigenvalue weighted by Gasteiger charge is -2.16. The molecule has 0 saturated heterocycles. The Bertz CT molecular complexity index is 318. The summed E-state index contributed by atoms with van der Waals surface area (Å²) >= 11 is 1.89. The smallest absolute Gasteiger partial charge is 0.0219 e. The fourth-order valence-corrected chi connectivity index (χ4v) is 2.64. The molecule has 1 aromatic heterocycles. The Morgan fingerprint density at radius 2 is 2.06 bits per heavy atom. The molecule has 0 radical (unpaired) electrons. The lowest BCUT2D eigenvalue weighted by molar-refractivity contribution is 0.365. The molecule has 1 heterocycles. The normalized spacial score (nSPS) is 13.4. The molecule has 0 aliphatic carbocycles. The minimum Gasteiger partial charge on any atom is -0.310 e. The summed E-state index contributed by atoms with van der Waals surface area (Å²) in [7, 11) is 4.25. The van der Waals surface area contributed by atoms with E-state index in [1.54, 1.807) is 0 Å². The largest absolute Gasteiger partial charge is 0.310 e. The van der Waals surface area contributed by atoms with Crippen molar-refractivity contribution in [3.05, 3.63) is 21.4 Å². The highest BCUT2D eigenvalue weighted by Gasteiger charge is 2.05. The predicted octanol–water partition coefficient (Wildman–Crippen LogP) is 2.79. The summed E-state index contributed by atoms with van der Waals surface area (Å²) in [6, 6.07) is 2.88. The van der Waals surface area contributed by atoms with Gasteiger partial charge in [0.05, 0.1) is 0 Å². The van der Waals surface area contributed by atoms with Crippen LogP contribution >= 0.6 is 11.3 Å². The minimum absolute atomic E-state index is 0.585. The Morgan fingerprint density at radius 3 is 2.56 bits per heavy atom. The van der Waals surface area contributed by atoms with Gasteiger partial charge in [0.1, 0.15) is 0 Å². The highest BCUT2D eigenvalue weighted by molar-refractivity contribution is 7.12. The first-order chi connectivity index (χ1) is 7.49. The van der Waals surface area contributed by atoms with Crippen molar-refractivity contribution >= 4 is 11.3 Å². The zero-order valence-corrected chi connectivity index (χ0v) is 11.9. The molecule has 1 rings (SSSR count). The molecule has 0 saturated carbocycles. The maximum absolute atomic E-state index is 3.59. The summed E-state index contributed by atoms with van der Waals surface area (Å²) < 4.78 is 0. The van der Waals surface area contributed by atoms with Crippen LogP contribution in [0.25, 0.3) is 0 Å². The summed E-state index contributed by atoms with van der Waals surface area (Å²) in [5.74, 6) is 0. The molecule has 1 unspecified atom stereocenters. The van der Waals surface area contributed by atoms with Crippen LogP contribution in [0.1, 0.15) is 28.7 Å². The standard InChI is InChI=1S/C13H24N2S/c1-10(6-7-15(4)5)14-9-13-8-11(2)16-12(13)3/h8,10,14H,6-7,9H2,1-5H3. The van der Waals surface area contributed by atoms with Gasteiger partial charge in [0, 0.05) is 22.3 Å². The topological polar surface area (TPSA) is 15.3 Å². The third-order valence-corrected chi connectivity index (χ3v) is 3.80. The van der Waals surface area contributed by atoms with Crippen LogP contribution in [-0.2, 0) is 6.54 Å². The summed E-state index contributed by atoms with van der Waals surface area (Å²) in [6.45, 7) is 8.80. The van der Waals surface area contributed by atoms with E-state index in [1.165, 1.54) is 21.7 Å². The molecule has 2 nitrogen and oxygen atoms in total. The first kappa shape index (κ1) is 13.7. The number of hydrogen-bond acceptors (Lipinski definition) is 3. The average molecular weight is 240 g/mol. The molecule has 0 aromatic carbocycles. The Hall–Kier alpha value is -0.380. The van der Waals surface area contributed by atoms with Crippen molar-refractivity contribution in [2.45, 2.75) is 39.8 Å². The van der Waals surface area contributed by atoms with Crippen molar-refractivity contribution in [3.63, 3.8) is 0 Å². The van der Waals surface area contributed by atoms with E-state index >= 15 is 0 Å². The van der Waals surface area contributed by atoms with Gasteiger partial charge in [0.2, 0.25) is 0 Å². The molecule has 3 heteroatoms. The van der Waals surface area contributed by atoms with Gasteiger partial charge in [-0.3, -0.25) is 0 Å². The van der Waals surface area contributed by atoms with Crippen LogP contribution in [0.15, 0.2) is 6.07 Å². The van der Waals surface area contributed by atoms with E-state index < -0.39 is 0 Å². The third kappa shape index (κ3) is 4.64. The predicted molar refractivity (Wildman–Crippen MR) is 73.3 cm³/mol. The summed E-state index contributed by atoms with van der Waals surface area (Å²) in [6.07, 6.45) is 1.20. The Balaban J connectivity index is 2.31. The van der Waals surface area contributed by atoms with E-state index in [-0.39, 0.29) is 0 Å². The highest BCUT2D eigenvalue weighted by atomic mass is 32.1. The van der Waals surface area contributed by atoms with Gasteiger partial charge in [-0.1, -0.05) is 0 Å². The molecular weight excluding hydrogens is 216 g/mol. The number of aryl methyl sites for hydroxylation is 2. The molecule has 1 atom stereocenters. The zero-order chi connectivity index (χ0) is 12.1. The molecular formula is C13H24N2S. The molecule has 0 spiro atoms. The van der Waals surface area contributed by atoms with Gasteiger partial charge in [-0.25, -0.2) is 0 Å². The minimum atomic E-state index is 0.585. The molecule has 1 N–H and O–H groups in total. The molecule has 0 aliphatic heterocycles. The zero-order valence-electron chi connectivity index (χ0n) is 11.1. The van der Waals surface area contributed by atoms with Gasteiger partial charge in [0.15, 0.2) is 0 Å². The SMILES string of the molecule is Cc1cc(CNC(C)CCN(C)C)c(C)s1. The van der Waals surface area contributed by atoms with E-state index in [0.717, 1.165) is 13.1 Å². The number of thiophene rings is 1. The first-order valence-electron chi connectivity index (χ1n) is 5.93. The van der Waals surface area contributed by atoms with Gasteiger partial charge in [-0.05, 0) is 59.5 Å². The fourth-order valence-electron chi connectivity index (χ4n) is 1.70. The van der Waals surface area contributed by atoms with Crippen LogP contribution in [0.5, 0.6) is 0 Å². The number of nitrogens with zero attached hydrogens (tertiary/aromatic N) is 1. The van der Waals surface area contributed by atoms with Crippen LogP contribution in [0.2, 0.25) is 0 Å². The van der Waals surface area contributed by atoms with Gasteiger partial charge in [-0.15, -0.1) is 11.3 Å². The van der Waals surface area contributed by atoms with Crippen molar-refractivity contribution in [1.29, 1.82) is 0 Å². The second kappa shape index (κ2) is 6.38.